The number of benzene rings is 2. The highest BCUT2D eigenvalue weighted by Crippen LogP contribution is 2.22. The van der Waals surface area contributed by atoms with Crippen LogP contribution in [0, 0.1) is 6.92 Å². The van der Waals surface area contributed by atoms with Crippen molar-refractivity contribution < 1.29 is 9.59 Å². The Morgan fingerprint density at radius 2 is 1.75 bits per heavy atom. The highest BCUT2D eigenvalue weighted by Gasteiger charge is 2.26. The standard InChI is InChI=1S/C22H27ClN2O2S/c1-4-24-22(27)17(3)25(13-18-10-6-5-9-16(18)2)21(26)15-28-14-19-11-7-8-12-20(19)23/h5-12,17H,4,13-15H2,1-3H3,(H,24,27)/t17-/m0/s1. The van der Waals surface area contributed by atoms with Crippen LogP contribution in [-0.2, 0) is 21.9 Å². The molecule has 2 rings (SSSR count). The first-order valence-corrected chi connectivity index (χ1v) is 10.9. The van der Waals surface area contributed by atoms with Crippen LogP contribution in [0.2, 0.25) is 5.02 Å². The van der Waals surface area contributed by atoms with Crippen molar-refractivity contribution in [2.45, 2.75) is 39.1 Å². The van der Waals surface area contributed by atoms with E-state index < -0.39 is 6.04 Å². The minimum atomic E-state index is -0.534. The summed E-state index contributed by atoms with van der Waals surface area (Å²) in [4.78, 5) is 27.0. The van der Waals surface area contributed by atoms with Gasteiger partial charge in [0.25, 0.3) is 0 Å². The van der Waals surface area contributed by atoms with Crippen LogP contribution < -0.4 is 5.32 Å². The molecular weight excluding hydrogens is 392 g/mol. The van der Waals surface area contributed by atoms with Gasteiger partial charge in [-0.05, 0) is 43.5 Å². The summed E-state index contributed by atoms with van der Waals surface area (Å²) in [5.74, 6) is 0.750. The number of hydrogen-bond acceptors (Lipinski definition) is 3. The number of carbonyl (C=O) groups is 2. The number of nitrogens with zero attached hydrogens (tertiary/aromatic N) is 1. The number of amides is 2. The molecule has 0 unspecified atom stereocenters. The van der Waals surface area contributed by atoms with Crippen LogP contribution in [0.15, 0.2) is 48.5 Å². The lowest BCUT2D eigenvalue weighted by Gasteiger charge is -2.29. The third-order valence-corrected chi connectivity index (χ3v) is 5.90. The smallest absolute Gasteiger partial charge is 0.242 e. The fourth-order valence-electron chi connectivity index (χ4n) is 2.82. The van der Waals surface area contributed by atoms with Crippen LogP contribution in [0.3, 0.4) is 0 Å². The number of hydrogen-bond donors (Lipinski definition) is 1. The molecule has 0 saturated heterocycles. The zero-order valence-electron chi connectivity index (χ0n) is 16.6. The maximum absolute atomic E-state index is 13.0. The molecule has 0 aromatic heterocycles. The first kappa shape index (κ1) is 22.3. The molecule has 28 heavy (non-hydrogen) atoms. The van der Waals surface area contributed by atoms with E-state index in [4.69, 9.17) is 11.6 Å². The Bertz CT molecular complexity index is 813. The van der Waals surface area contributed by atoms with E-state index in [2.05, 4.69) is 5.32 Å². The Morgan fingerprint density at radius 1 is 1.11 bits per heavy atom. The summed E-state index contributed by atoms with van der Waals surface area (Å²) in [6.07, 6.45) is 0. The Labute approximate surface area is 176 Å². The summed E-state index contributed by atoms with van der Waals surface area (Å²) in [5, 5.41) is 3.52. The highest BCUT2D eigenvalue weighted by atomic mass is 35.5. The maximum atomic E-state index is 13.0. The van der Waals surface area contributed by atoms with E-state index in [0.717, 1.165) is 16.7 Å². The normalized spacial score (nSPS) is 11.7. The minimum absolute atomic E-state index is 0.0564. The summed E-state index contributed by atoms with van der Waals surface area (Å²) in [7, 11) is 0. The average molecular weight is 419 g/mol. The van der Waals surface area contributed by atoms with Gasteiger partial charge in [-0.15, -0.1) is 11.8 Å². The summed E-state index contributed by atoms with van der Waals surface area (Å²) in [5.41, 5.74) is 3.15. The topological polar surface area (TPSA) is 49.4 Å². The number of nitrogens with one attached hydrogen (secondary N) is 1. The van der Waals surface area contributed by atoms with Crippen molar-refractivity contribution in [1.82, 2.24) is 10.2 Å². The molecule has 2 amide bonds. The van der Waals surface area contributed by atoms with Crippen molar-refractivity contribution >= 4 is 35.2 Å². The van der Waals surface area contributed by atoms with E-state index in [-0.39, 0.29) is 11.8 Å². The molecule has 2 aromatic carbocycles. The number of likely N-dealkylation sites (N-methyl/N-ethyl adjacent to an activating group) is 1. The van der Waals surface area contributed by atoms with Gasteiger partial charge >= 0.3 is 0 Å². The fraction of sp³-hybridized carbons (Fsp3) is 0.364. The van der Waals surface area contributed by atoms with Crippen LogP contribution in [0.4, 0.5) is 0 Å². The van der Waals surface area contributed by atoms with Crippen LogP contribution in [0.1, 0.15) is 30.5 Å². The van der Waals surface area contributed by atoms with Crippen molar-refractivity contribution in [3.63, 3.8) is 0 Å². The predicted octanol–water partition coefficient (Wildman–Crippen LogP) is 4.44. The van der Waals surface area contributed by atoms with Crippen molar-refractivity contribution in [1.29, 1.82) is 0 Å². The van der Waals surface area contributed by atoms with Crippen LogP contribution in [0.5, 0.6) is 0 Å². The van der Waals surface area contributed by atoms with Crippen LogP contribution in [0.25, 0.3) is 0 Å². The maximum Gasteiger partial charge on any atom is 0.242 e. The number of thioether (sulfide) groups is 1. The largest absolute Gasteiger partial charge is 0.355 e. The molecular formula is C22H27ClN2O2S. The van der Waals surface area contributed by atoms with E-state index in [1.807, 2.05) is 62.4 Å². The summed E-state index contributed by atoms with van der Waals surface area (Å²) < 4.78 is 0. The van der Waals surface area contributed by atoms with E-state index in [0.29, 0.717) is 29.6 Å². The van der Waals surface area contributed by atoms with Gasteiger partial charge in [-0.2, -0.15) is 0 Å². The molecule has 6 heteroatoms. The molecule has 0 spiro atoms. The quantitative estimate of drug-likeness (QED) is 0.655. The fourth-order valence-corrected chi connectivity index (χ4v) is 4.02. The monoisotopic (exact) mass is 418 g/mol. The van der Waals surface area contributed by atoms with Gasteiger partial charge in [-0.1, -0.05) is 54.1 Å². The third-order valence-electron chi connectivity index (χ3n) is 4.56. The van der Waals surface area contributed by atoms with E-state index in [9.17, 15) is 9.59 Å². The second-order valence-corrected chi connectivity index (χ2v) is 8.00. The molecule has 0 fully saturated rings. The molecule has 0 bridgehead atoms. The first-order chi connectivity index (χ1) is 13.4. The summed E-state index contributed by atoms with van der Waals surface area (Å²) in [6, 6.07) is 15.0. The van der Waals surface area contributed by atoms with Crippen molar-refractivity contribution in [3.8, 4) is 0 Å². The van der Waals surface area contributed by atoms with Crippen molar-refractivity contribution in [2.24, 2.45) is 0 Å². The Hall–Kier alpha value is -1.98. The molecule has 2 aromatic rings. The molecule has 0 aliphatic rings. The lowest BCUT2D eigenvalue weighted by atomic mass is 10.1. The van der Waals surface area contributed by atoms with E-state index in [1.54, 1.807) is 11.8 Å². The van der Waals surface area contributed by atoms with Gasteiger partial charge in [0.2, 0.25) is 11.8 Å². The van der Waals surface area contributed by atoms with Crippen LogP contribution in [-0.4, -0.2) is 35.1 Å². The zero-order chi connectivity index (χ0) is 20.5. The first-order valence-electron chi connectivity index (χ1n) is 9.36. The number of halogens is 1. The van der Waals surface area contributed by atoms with Crippen molar-refractivity contribution in [3.05, 3.63) is 70.2 Å². The Kier molecular flexibility index (Phi) is 8.87. The summed E-state index contributed by atoms with van der Waals surface area (Å²) in [6.45, 7) is 6.62. The van der Waals surface area contributed by atoms with Gasteiger partial charge in [0.1, 0.15) is 6.04 Å². The molecule has 0 aliphatic carbocycles. The van der Waals surface area contributed by atoms with Gasteiger partial charge in [-0.25, -0.2) is 0 Å². The third kappa shape index (κ3) is 6.28. The SMILES string of the molecule is CCNC(=O)[C@H](C)N(Cc1ccccc1C)C(=O)CSCc1ccccc1Cl. The predicted molar refractivity (Wildman–Crippen MR) is 117 cm³/mol. The Morgan fingerprint density at radius 3 is 2.39 bits per heavy atom. The van der Waals surface area contributed by atoms with Gasteiger partial charge in [0.05, 0.1) is 5.75 Å². The number of aryl methyl sites for hydroxylation is 1. The van der Waals surface area contributed by atoms with E-state index in [1.165, 1.54) is 11.8 Å². The van der Waals surface area contributed by atoms with Gasteiger partial charge in [0, 0.05) is 23.9 Å². The second kappa shape index (κ2) is 11.1. The lowest BCUT2D eigenvalue weighted by molar-refractivity contribution is -0.138. The molecule has 4 nitrogen and oxygen atoms in total. The molecule has 150 valence electrons. The Balaban J connectivity index is 2.08. The minimum Gasteiger partial charge on any atom is -0.355 e. The number of rotatable bonds is 9. The van der Waals surface area contributed by atoms with Crippen molar-refractivity contribution in [2.75, 3.05) is 12.3 Å². The zero-order valence-corrected chi connectivity index (χ0v) is 18.1. The molecule has 0 saturated carbocycles. The summed E-state index contributed by atoms with van der Waals surface area (Å²) >= 11 is 7.70. The van der Waals surface area contributed by atoms with E-state index >= 15 is 0 Å². The molecule has 0 heterocycles. The number of carbonyl (C=O) groups excluding carboxylic acids is 2. The highest BCUT2D eigenvalue weighted by molar-refractivity contribution is 7.99. The lowest BCUT2D eigenvalue weighted by Crippen LogP contribution is -2.48. The molecule has 0 radical (unpaired) electrons. The van der Waals surface area contributed by atoms with Gasteiger partial charge < -0.3 is 10.2 Å². The second-order valence-electron chi connectivity index (χ2n) is 6.60. The van der Waals surface area contributed by atoms with Gasteiger partial charge in [-0.3, -0.25) is 9.59 Å². The molecule has 1 atom stereocenters. The molecule has 0 aliphatic heterocycles. The molecule has 1 N–H and O–H groups in total. The van der Waals surface area contributed by atoms with Crippen LogP contribution >= 0.6 is 23.4 Å². The van der Waals surface area contributed by atoms with Gasteiger partial charge in [0.15, 0.2) is 0 Å². The average Bonchev–Trinajstić information content (AvgIpc) is 2.68.